The summed E-state index contributed by atoms with van der Waals surface area (Å²) in [5.41, 5.74) is 5.68. The molecule has 0 bridgehead atoms. The lowest BCUT2D eigenvalue weighted by atomic mass is 9.97. The molecule has 4 N–H and O–H groups in total. The van der Waals surface area contributed by atoms with Gasteiger partial charge in [0, 0.05) is 12.7 Å². The molecule has 0 aromatic carbocycles. The van der Waals surface area contributed by atoms with Crippen molar-refractivity contribution in [3.05, 3.63) is 12.4 Å². The molecule has 1 saturated heterocycles. The summed E-state index contributed by atoms with van der Waals surface area (Å²) in [6.45, 7) is 5.40. The number of aromatic nitrogens is 3. The van der Waals surface area contributed by atoms with Gasteiger partial charge in [-0.2, -0.15) is 0 Å². The van der Waals surface area contributed by atoms with Gasteiger partial charge in [-0.25, -0.2) is 9.59 Å². The predicted octanol–water partition coefficient (Wildman–Crippen LogP) is -0.505. The molecular weight excluding hydrogens is 290 g/mol. The van der Waals surface area contributed by atoms with E-state index in [1.165, 1.54) is 25.9 Å². The lowest BCUT2D eigenvalue weighted by Crippen LogP contribution is -2.36. The highest BCUT2D eigenvalue weighted by Crippen LogP contribution is 2.15. The number of rotatable bonds is 5. The van der Waals surface area contributed by atoms with Crippen molar-refractivity contribution in [3.8, 4) is 0 Å². The average molecular weight is 313 g/mol. The van der Waals surface area contributed by atoms with E-state index in [0.29, 0.717) is 0 Å². The van der Waals surface area contributed by atoms with E-state index in [1.54, 1.807) is 6.20 Å². The SMILES string of the molecule is NCC1CCN(CCCn2ccnn2)CC1.O=C(O)C(=O)O. The molecule has 1 aliphatic rings. The van der Waals surface area contributed by atoms with E-state index < -0.39 is 11.9 Å². The first-order chi connectivity index (χ1) is 10.5. The van der Waals surface area contributed by atoms with Crippen LogP contribution in [-0.2, 0) is 16.1 Å². The third-order valence-corrected chi connectivity index (χ3v) is 3.56. The van der Waals surface area contributed by atoms with Crippen molar-refractivity contribution >= 4 is 11.9 Å². The number of carboxylic acids is 2. The second-order valence-corrected chi connectivity index (χ2v) is 5.15. The summed E-state index contributed by atoms with van der Waals surface area (Å²) in [6.07, 6.45) is 7.32. The Morgan fingerprint density at radius 1 is 1.18 bits per heavy atom. The second kappa shape index (κ2) is 9.85. The fourth-order valence-corrected chi connectivity index (χ4v) is 2.25. The van der Waals surface area contributed by atoms with Crippen LogP contribution in [-0.4, -0.2) is 68.2 Å². The summed E-state index contributed by atoms with van der Waals surface area (Å²) in [6, 6.07) is 0. The first kappa shape index (κ1) is 18.1. The van der Waals surface area contributed by atoms with Gasteiger partial charge in [0.25, 0.3) is 0 Å². The average Bonchev–Trinajstić information content (AvgIpc) is 3.02. The van der Waals surface area contributed by atoms with Crippen molar-refractivity contribution in [2.24, 2.45) is 11.7 Å². The molecule has 1 aliphatic heterocycles. The number of hydrogen-bond donors (Lipinski definition) is 3. The van der Waals surface area contributed by atoms with Crippen LogP contribution in [0.5, 0.6) is 0 Å². The summed E-state index contributed by atoms with van der Waals surface area (Å²) in [5, 5.41) is 22.5. The number of carbonyl (C=O) groups is 2. The molecule has 0 atom stereocenters. The van der Waals surface area contributed by atoms with Gasteiger partial charge in [0.05, 0.1) is 6.20 Å². The van der Waals surface area contributed by atoms with Crippen molar-refractivity contribution in [3.63, 3.8) is 0 Å². The molecule has 2 heterocycles. The smallest absolute Gasteiger partial charge is 0.414 e. The van der Waals surface area contributed by atoms with Crippen LogP contribution in [0.1, 0.15) is 19.3 Å². The molecule has 1 aromatic rings. The quantitative estimate of drug-likeness (QED) is 0.619. The van der Waals surface area contributed by atoms with Gasteiger partial charge in [0.2, 0.25) is 0 Å². The molecule has 9 heteroatoms. The number of hydrogen-bond acceptors (Lipinski definition) is 6. The fraction of sp³-hybridized carbons (Fsp3) is 0.692. The maximum Gasteiger partial charge on any atom is 0.414 e. The third-order valence-electron chi connectivity index (χ3n) is 3.56. The van der Waals surface area contributed by atoms with Crippen molar-refractivity contribution in [1.29, 1.82) is 0 Å². The molecule has 22 heavy (non-hydrogen) atoms. The molecule has 0 aliphatic carbocycles. The highest BCUT2D eigenvalue weighted by Gasteiger charge is 2.17. The van der Waals surface area contributed by atoms with Crippen LogP contribution in [0.3, 0.4) is 0 Å². The van der Waals surface area contributed by atoms with Crippen LogP contribution in [0.4, 0.5) is 0 Å². The summed E-state index contributed by atoms with van der Waals surface area (Å²) in [5.74, 6) is -2.89. The van der Waals surface area contributed by atoms with E-state index in [-0.39, 0.29) is 0 Å². The number of likely N-dealkylation sites (tertiary alicyclic amines) is 1. The van der Waals surface area contributed by atoms with Gasteiger partial charge < -0.3 is 20.8 Å². The molecule has 0 spiro atoms. The van der Waals surface area contributed by atoms with Gasteiger partial charge in [-0.1, -0.05) is 5.21 Å². The highest BCUT2D eigenvalue weighted by molar-refractivity contribution is 6.27. The van der Waals surface area contributed by atoms with Gasteiger partial charge in [-0.15, -0.1) is 5.10 Å². The first-order valence-electron chi connectivity index (χ1n) is 7.25. The number of carboxylic acid groups (broad SMARTS) is 2. The zero-order valence-electron chi connectivity index (χ0n) is 12.5. The van der Waals surface area contributed by atoms with Gasteiger partial charge in [-0.05, 0) is 51.4 Å². The Morgan fingerprint density at radius 2 is 1.82 bits per heavy atom. The Hall–Kier alpha value is -2.00. The topological polar surface area (TPSA) is 135 Å². The van der Waals surface area contributed by atoms with Gasteiger partial charge >= 0.3 is 11.9 Å². The minimum Gasteiger partial charge on any atom is -0.473 e. The van der Waals surface area contributed by atoms with E-state index in [1.807, 2.05) is 10.9 Å². The van der Waals surface area contributed by atoms with E-state index in [9.17, 15) is 0 Å². The zero-order chi connectivity index (χ0) is 16.4. The molecule has 1 fully saturated rings. The van der Waals surface area contributed by atoms with Crippen LogP contribution in [0, 0.1) is 5.92 Å². The van der Waals surface area contributed by atoms with Gasteiger partial charge in [0.15, 0.2) is 0 Å². The van der Waals surface area contributed by atoms with Crippen LogP contribution < -0.4 is 5.73 Å². The van der Waals surface area contributed by atoms with Crippen LogP contribution in [0.2, 0.25) is 0 Å². The Bertz CT molecular complexity index is 431. The Kier molecular flexibility index (Phi) is 8.08. The Balaban J connectivity index is 0.000000346. The maximum atomic E-state index is 9.10. The summed E-state index contributed by atoms with van der Waals surface area (Å²) in [4.78, 5) is 20.7. The fourth-order valence-electron chi connectivity index (χ4n) is 2.25. The van der Waals surface area contributed by atoms with Gasteiger partial charge in [-0.3, -0.25) is 4.68 Å². The molecule has 0 saturated carbocycles. The standard InChI is InChI=1S/C11H21N5.C2H2O4/c12-10-11-2-7-15(8-3-11)5-1-6-16-9-4-13-14-16;3-1(4)2(5)6/h4,9,11H,1-3,5-8,10,12H2;(H,3,4)(H,5,6). The monoisotopic (exact) mass is 313 g/mol. The first-order valence-corrected chi connectivity index (χ1v) is 7.25. The zero-order valence-corrected chi connectivity index (χ0v) is 12.5. The van der Waals surface area contributed by atoms with Gasteiger partial charge in [0.1, 0.15) is 0 Å². The van der Waals surface area contributed by atoms with E-state index in [4.69, 9.17) is 25.5 Å². The Labute approximate surface area is 128 Å². The largest absolute Gasteiger partial charge is 0.473 e. The summed E-state index contributed by atoms with van der Waals surface area (Å²) < 4.78 is 1.90. The number of piperidine rings is 1. The lowest BCUT2D eigenvalue weighted by Gasteiger charge is -2.31. The van der Waals surface area contributed by atoms with Crippen LogP contribution >= 0.6 is 0 Å². The van der Waals surface area contributed by atoms with Crippen LogP contribution in [0.25, 0.3) is 0 Å². The van der Waals surface area contributed by atoms with E-state index in [2.05, 4.69) is 15.2 Å². The molecule has 0 unspecified atom stereocenters. The minimum atomic E-state index is -1.82. The number of nitrogens with two attached hydrogens (primary N) is 1. The lowest BCUT2D eigenvalue weighted by molar-refractivity contribution is -0.159. The van der Waals surface area contributed by atoms with Crippen molar-refractivity contribution in [2.75, 3.05) is 26.2 Å². The number of aryl methyl sites for hydroxylation is 1. The number of aliphatic carboxylic acids is 2. The van der Waals surface area contributed by atoms with E-state index >= 15 is 0 Å². The predicted molar refractivity (Wildman–Crippen MR) is 78.1 cm³/mol. The molecule has 1 aromatic heterocycles. The Morgan fingerprint density at radius 3 is 2.27 bits per heavy atom. The normalized spacial score (nSPS) is 15.9. The van der Waals surface area contributed by atoms with E-state index in [0.717, 1.165) is 32.0 Å². The third kappa shape index (κ3) is 7.14. The molecule has 2 rings (SSSR count). The second-order valence-electron chi connectivity index (χ2n) is 5.15. The summed E-state index contributed by atoms with van der Waals surface area (Å²) >= 11 is 0. The molecular formula is C13H23N5O4. The number of nitrogens with zero attached hydrogens (tertiary/aromatic N) is 4. The molecule has 124 valence electrons. The minimum absolute atomic E-state index is 0.756. The maximum absolute atomic E-state index is 9.10. The molecule has 0 amide bonds. The van der Waals surface area contributed by atoms with Crippen molar-refractivity contribution in [2.45, 2.75) is 25.8 Å². The van der Waals surface area contributed by atoms with Crippen molar-refractivity contribution in [1.82, 2.24) is 19.9 Å². The molecule has 0 radical (unpaired) electrons. The molecule has 9 nitrogen and oxygen atoms in total. The van der Waals surface area contributed by atoms with Crippen LogP contribution in [0.15, 0.2) is 12.4 Å². The van der Waals surface area contributed by atoms with Crippen molar-refractivity contribution < 1.29 is 19.8 Å². The summed E-state index contributed by atoms with van der Waals surface area (Å²) in [7, 11) is 0. The highest BCUT2D eigenvalue weighted by atomic mass is 16.4.